The average molecular weight is 647 g/mol. The third kappa shape index (κ3) is 6.09. The second-order valence-corrected chi connectivity index (χ2v) is 13.0. The van der Waals surface area contributed by atoms with E-state index in [4.69, 9.17) is 9.47 Å². The van der Waals surface area contributed by atoms with Crippen LogP contribution in [0.25, 0.3) is 0 Å². The zero-order valence-electron chi connectivity index (χ0n) is 29.2. The van der Waals surface area contributed by atoms with Crippen molar-refractivity contribution in [3.05, 3.63) is 128 Å². The van der Waals surface area contributed by atoms with Crippen molar-refractivity contribution in [2.45, 2.75) is 84.5 Å². The fraction of sp³-hybridized carbons (Fsp3) is 0.381. The van der Waals surface area contributed by atoms with Gasteiger partial charge in [0.15, 0.2) is 11.6 Å². The van der Waals surface area contributed by atoms with Crippen LogP contribution in [0.5, 0.6) is 0 Å². The second kappa shape index (κ2) is 14.3. The van der Waals surface area contributed by atoms with Crippen LogP contribution < -0.4 is 0 Å². The summed E-state index contributed by atoms with van der Waals surface area (Å²) >= 11 is 0. The van der Waals surface area contributed by atoms with E-state index in [1.807, 2.05) is 31.2 Å². The van der Waals surface area contributed by atoms with E-state index in [9.17, 15) is 19.2 Å². The van der Waals surface area contributed by atoms with Crippen molar-refractivity contribution in [2.24, 2.45) is 5.92 Å². The molecule has 2 aromatic rings. The van der Waals surface area contributed by atoms with Gasteiger partial charge < -0.3 is 9.47 Å². The SMILES string of the molecule is C=C1/C=C2\C=C/C(=O)c3cc(C(=O)OC)c(cc3C1CC)C(CC)c1ccc3c(c1)C(CC)/C(C)=C/C(=C(/C(=O)OC)CC3=O)C2CC. The maximum absolute atomic E-state index is 14.3. The Hall–Kier alpha value is -4.58. The smallest absolute Gasteiger partial charge is 0.338 e. The molecule has 0 N–H and O–H groups in total. The van der Waals surface area contributed by atoms with Gasteiger partial charge >= 0.3 is 11.9 Å². The van der Waals surface area contributed by atoms with E-state index in [-0.39, 0.29) is 41.7 Å². The minimum atomic E-state index is -0.540. The van der Waals surface area contributed by atoms with Gasteiger partial charge in [0, 0.05) is 46.8 Å². The number of carbonyl (C=O) groups is 4. The summed E-state index contributed by atoms with van der Waals surface area (Å²) in [7, 11) is 2.70. The lowest BCUT2D eigenvalue weighted by atomic mass is 9.76. The Morgan fingerprint density at radius 2 is 1.40 bits per heavy atom. The van der Waals surface area contributed by atoms with Crippen LogP contribution in [0.4, 0.5) is 0 Å². The van der Waals surface area contributed by atoms with Crippen LogP contribution in [0, 0.1) is 5.92 Å². The highest BCUT2D eigenvalue weighted by molar-refractivity contribution is 6.08. The molecule has 4 unspecified atom stereocenters. The Morgan fingerprint density at radius 1 is 0.750 bits per heavy atom. The first-order valence-electron chi connectivity index (χ1n) is 17.1. The van der Waals surface area contributed by atoms with Crippen molar-refractivity contribution in [2.75, 3.05) is 14.2 Å². The lowest BCUT2D eigenvalue weighted by Crippen LogP contribution is -2.17. The van der Waals surface area contributed by atoms with Gasteiger partial charge in [0.25, 0.3) is 0 Å². The van der Waals surface area contributed by atoms with E-state index in [1.54, 1.807) is 18.2 Å². The van der Waals surface area contributed by atoms with Gasteiger partial charge in [0.05, 0.1) is 19.8 Å². The van der Waals surface area contributed by atoms with Gasteiger partial charge in [-0.2, -0.15) is 0 Å². The summed E-state index contributed by atoms with van der Waals surface area (Å²) in [5.74, 6) is -2.31. The number of carbonyl (C=O) groups excluding carboxylic acids is 4. The van der Waals surface area contributed by atoms with Gasteiger partial charge in [0.1, 0.15) is 0 Å². The summed E-state index contributed by atoms with van der Waals surface area (Å²) in [5, 5.41) is 0. The quantitative estimate of drug-likeness (QED) is 0.291. The van der Waals surface area contributed by atoms with Crippen LogP contribution in [0.15, 0.2) is 89.1 Å². The fourth-order valence-electron chi connectivity index (χ4n) is 8.05. The lowest BCUT2D eigenvalue weighted by molar-refractivity contribution is -0.136. The Balaban J connectivity index is 2.01. The molecule has 6 heteroatoms. The number of hydrogen-bond donors (Lipinski definition) is 0. The molecule has 0 radical (unpaired) electrons. The van der Waals surface area contributed by atoms with E-state index in [0.29, 0.717) is 41.5 Å². The molecule has 5 rings (SSSR count). The number of ketones is 2. The maximum atomic E-state index is 14.3. The van der Waals surface area contributed by atoms with Crippen LogP contribution in [0.3, 0.4) is 0 Å². The van der Waals surface area contributed by atoms with Gasteiger partial charge in [0.2, 0.25) is 0 Å². The Labute approximate surface area is 284 Å². The highest BCUT2D eigenvalue weighted by Crippen LogP contribution is 2.44. The van der Waals surface area contributed by atoms with Crippen molar-refractivity contribution in [1.29, 1.82) is 0 Å². The third-order valence-corrected chi connectivity index (χ3v) is 10.5. The summed E-state index contributed by atoms with van der Waals surface area (Å²) < 4.78 is 10.6. The van der Waals surface area contributed by atoms with Gasteiger partial charge in [-0.05, 0) is 83.7 Å². The highest BCUT2D eigenvalue weighted by Gasteiger charge is 2.33. The van der Waals surface area contributed by atoms with E-state index in [2.05, 4.69) is 46.4 Å². The molecule has 48 heavy (non-hydrogen) atoms. The number of hydrogen-bond acceptors (Lipinski definition) is 6. The minimum Gasteiger partial charge on any atom is -0.466 e. The predicted molar refractivity (Wildman–Crippen MR) is 189 cm³/mol. The predicted octanol–water partition coefficient (Wildman–Crippen LogP) is 9.28. The standard InChI is InChI=1S/C42H46O6/c1-9-27-23(5)17-25-14-16-39(43)36-21-37(41(45)47-7)35(20-34(27)36)30(12-4)26-13-15-31-33(19-26)28(10-2)24(6)18-32(29(25)11-3)38(22-40(31)44)42(46)48-8/h13-21,27-30H,5,9-12,22H2,1-4,6-8H3/b16-14-,24-18+,25-17+,38-32-. The average Bonchev–Trinajstić information content (AvgIpc) is 3.16. The number of ether oxygens (including phenoxy) is 2. The molecular weight excluding hydrogens is 600 g/mol. The van der Waals surface area contributed by atoms with Crippen molar-refractivity contribution in [3.8, 4) is 0 Å². The number of rotatable bonds is 6. The monoisotopic (exact) mass is 646 g/mol. The van der Waals surface area contributed by atoms with Crippen LogP contribution in [0.1, 0.15) is 138 Å². The summed E-state index contributed by atoms with van der Waals surface area (Å²) in [4.78, 5) is 55.4. The van der Waals surface area contributed by atoms with Crippen LogP contribution >= 0.6 is 0 Å². The summed E-state index contributed by atoms with van der Waals surface area (Å²) in [6.45, 7) is 14.9. The molecule has 0 saturated carbocycles. The number of methoxy groups -OCH3 is 2. The topological polar surface area (TPSA) is 86.7 Å². The third-order valence-electron chi connectivity index (χ3n) is 10.5. The number of fused-ring (bicyclic) bond motifs is 6. The maximum Gasteiger partial charge on any atom is 0.338 e. The first-order chi connectivity index (χ1) is 23.0. The number of esters is 2. The minimum absolute atomic E-state index is 0.100. The van der Waals surface area contributed by atoms with E-state index in [1.165, 1.54) is 14.2 Å². The molecule has 0 amide bonds. The molecular formula is C42H46O6. The highest BCUT2D eigenvalue weighted by atomic mass is 16.5. The molecule has 0 fully saturated rings. The number of benzene rings is 2. The van der Waals surface area contributed by atoms with Gasteiger partial charge in [-0.15, -0.1) is 0 Å². The molecule has 250 valence electrons. The van der Waals surface area contributed by atoms with Gasteiger partial charge in [-0.1, -0.05) is 82.3 Å². The lowest BCUT2D eigenvalue weighted by Gasteiger charge is -2.27. The normalized spacial score (nSPS) is 26.6. The van der Waals surface area contributed by atoms with Crippen molar-refractivity contribution >= 4 is 23.5 Å². The zero-order valence-corrected chi connectivity index (χ0v) is 29.2. The Morgan fingerprint density at radius 3 is 2.02 bits per heavy atom. The molecule has 0 aromatic heterocycles. The van der Waals surface area contributed by atoms with E-state index in [0.717, 1.165) is 51.0 Å². The molecule has 6 nitrogen and oxygen atoms in total. The first-order valence-corrected chi connectivity index (χ1v) is 17.1. The number of allylic oxidation sites excluding steroid dienone is 8. The zero-order chi connectivity index (χ0) is 34.9. The van der Waals surface area contributed by atoms with Crippen LogP contribution in [0.2, 0.25) is 0 Å². The molecule has 2 aromatic carbocycles. The fourth-order valence-corrected chi connectivity index (χ4v) is 8.05. The Kier molecular flexibility index (Phi) is 10.3. The number of Topliss-reactive ketones (excluding diaryl/α,β-unsaturated/α-hetero) is 1. The molecule has 6 bridgehead atoms. The molecule has 4 atom stereocenters. The largest absolute Gasteiger partial charge is 0.466 e. The first kappa shape index (κ1) is 34.7. The van der Waals surface area contributed by atoms with E-state index >= 15 is 0 Å². The van der Waals surface area contributed by atoms with Crippen molar-refractivity contribution in [1.82, 2.24) is 0 Å². The molecule has 0 spiro atoms. The summed E-state index contributed by atoms with van der Waals surface area (Å²) in [5.41, 5.74) is 8.55. The second-order valence-electron chi connectivity index (χ2n) is 13.0. The molecule has 0 heterocycles. The Bertz CT molecular complexity index is 1830. The molecule has 0 saturated heterocycles. The van der Waals surface area contributed by atoms with E-state index < -0.39 is 11.9 Å². The molecule has 0 aliphatic heterocycles. The van der Waals surface area contributed by atoms with Gasteiger partial charge in [-0.25, -0.2) is 9.59 Å². The van der Waals surface area contributed by atoms with Gasteiger partial charge in [-0.3, -0.25) is 9.59 Å². The van der Waals surface area contributed by atoms with Crippen LogP contribution in [-0.2, 0) is 14.3 Å². The molecule has 3 aliphatic carbocycles. The van der Waals surface area contributed by atoms with Crippen molar-refractivity contribution in [3.63, 3.8) is 0 Å². The summed E-state index contributed by atoms with van der Waals surface area (Å²) in [6.07, 6.45) is 10.0. The molecule has 3 aliphatic rings. The van der Waals surface area contributed by atoms with Crippen LogP contribution in [-0.4, -0.2) is 37.7 Å². The summed E-state index contributed by atoms with van der Waals surface area (Å²) in [6, 6.07) is 9.67. The van der Waals surface area contributed by atoms with Crippen molar-refractivity contribution < 1.29 is 28.7 Å².